The number of rotatable bonds is 5. The molecule has 0 radical (unpaired) electrons. The van der Waals surface area contributed by atoms with Gasteiger partial charge in [-0.3, -0.25) is 4.79 Å². The van der Waals surface area contributed by atoms with E-state index < -0.39 is 0 Å². The number of halogens is 1. The molecule has 2 N–H and O–H groups in total. The average Bonchev–Trinajstić information content (AvgIpc) is 3.05. The van der Waals surface area contributed by atoms with E-state index in [1.807, 2.05) is 28.9 Å². The van der Waals surface area contributed by atoms with Gasteiger partial charge in [0.15, 0.2) is 0 Å². The second kappa shape index (κ2) is 7.70. The highest BCUT2D eigenvalue weighted by Crippen LogP contribution is 2.20. The number of carbonyl (C=O) groups excluding carboxylic acids is 1. The lowest BCUT2D eigenvalue weighted by molar-refractivity contribution is -0.120. The molecule has 3 heterocycles. The topological polar surface area (TPSA) is 61.7 Å². The summed E-state index contributed by atoms with van der Waals surface area (Å²) in [6.07, 6.45) is 4.05. The van der Waals surface area contributed by atoms with E-state index in [2.05, 4.69) is 61.6 Å². The Morgan fingerprint density at radius 1 is 1.26 bits per heavy atom. The molecule has 1 aliphatic heterocycles. The normalized spacial score (nSPS) is 14.6. The number of nitrogens with zero attached hydrogens (tertiary/aromatic N) is 3. The summed E-state index contributed by atoms with van der Waals surface area (Å²) in [7, 11) is 0. The Morgan fingerprint density at radius 3 is 2.96 bits per heavy atom. The maximum absolute atomic E-state index is 11.6. The van der Waals surface area contributed by atoms with Crippen LogP contribution in [0.25, 0.3) is 5.65 Å². The molecule has 0 saturated carbocycles. The molecule has 1 amide bonds. The molecule has 0 aliphatic carbocycles. The van der Waals surface area contributed by atoms with Crippen molar-refractivity contribution in [3.8, 4) is 0 Å². The molecular weight excluding hydrogens is 406 g/mol. The van der Waals surface area contributed by atoms with Gasteiger partial charge in [-0.15, -0.1) is 0 Å². The molecule has 3 aromatic rings. The SMILES string of the molecule is Cc1cc(N2CCNC(=O)C2)ccc1CNCc1cn2ccc(Br)cc2n1. The summed E-state index contributed by atoms with van der Waals surface area (Å²) < 4.78 is 3.05. The van der Waals surface area contributed by atoms with Crippen LogP contribution in [0.3, 0.4) is 0 Å². The Bertz CT molecular complexity index is 984. The Morgan fingerprint density at radius 2 is 2.15 bits per heavy atom. The van der Waals surface area contributed by atoms with Gasteiger partial charge in [-0.25, -0.2) is 4.98 Å². The van der Waals surface area contributed by atoms with Crippen molar-refractivity contribution in [1.82, 2.24) is 20.0 Å². The lowest BCUT2D eigenvalue weighted by Crippen LogP contribution is -2.47. The molecule has 1 aromatic carbocycles. The van der Waals surface area contributed by atoms with E-state index in [0.29, 0.717) is 19.6 Å². The summed E-state index contributed by atoms with van der Waals surface area (Å²) in [5.41, 5.74) is 5.54. The molecule has 140 valence electrons. The van der Waals surface area contributed by atoms with Crippen molar-refractivity contribution in [1.29, 1.82) is 0 Å². The van der Waals surface area contributed by atoms with Gasteiger partial charge in [0.2, 0.25) is 5.91 Å². The van der Waals surface area contributed by atoms with Gasteiger partial charge in [0.05, 0.1) is 12.2 Å². The number of amides is 1. The monoisotopic (exact) mass is 427 g/mol. The van der Waals surface area contributed by atoms with Gasteiger partial charge in [0, 0.05) is 48.7 Å². The molecule has 1 saturated heterocycles. The minimum Gasteiger partial charge on any atom is -0.360 e. The average molecular weight is 428 g/mol. The molecule has 0 bridgehead atoms. The fraction of sp³-hybridized carbons (Fsp3) is 0.300. The van der Waals surface area contributed by atoms with Crippen LogP contribution >= 0.6 is 15.9 Å². The number of hydrogen-bond donors (Lipinski definition) is 2. The number of carbonyl (C=O) groups is 1. The van der Waals surface area contributed by atoms with Gasteiger partial charge in [-0.05, 0) is 42.3 Å². The third kappa shape index (κ3) is 4.14. The largest absolute Gasteiger partial charge is 0.360 e. The summed E-state index contributed by atoms with van der Waals surface area (Å²) in [4.78, 5) is 18.3. The zero-order valence-corrected chi connectivity index (χ0v) is 16.8. The van der Waals surface area contributed by atoms with Gasteiger partial charge in [0.1, 0.15) is 5.65 Å². The van der Waals surface area contributed by atoms with Crippen molar-refractivity contribution in [3.63, 3.8) is 0 Å². The molecular formula is C20H22BrN5O. The Kier molecular flexibility index (Phi) is 5.13. The van der Waals surface area contributed by atoms with E-state index >= 15 is 0 Å². The van der Waals surface area contributed by atoms with Crippen LogP contribution in [0.4, 0.5) is 5.69 Å². The van der Waals surface area contributed by atoms with E-state index in [-0.39, 0.29) is 5.91 Å². The van der Waals surface area contributed by atoms with Crippen LogP contribution < -0.4 is 15.5 Å². The molecule has 0 unspecified atom stereocenters. The lowest BCUT2D eigenvalue weighted by Gasteiger charge is -2.29. The van der Waals surface area contributed by atoms with Crippen molar-refractivity contribution in [2.75, 3.05) is 24.5 Å². The van der Waals surface area contributed by atoms with Gasteiger partial charge in [0.25, 0.3) is 0 Å². The molecule has 0 spiro atoms. The number of aryl methyl sites for hydroxylation is 1. The summed E-state index contributed by atoms with van der Waals surface area (Å²) >= 11 is 3.48. The number of aromatic nitrogens is 2. The van der Waals surface area contributed by atoms with Crippen LogP contribution in [0.15, 0.2) is 47.2 Å². The molecule has 2 aromatic heterocycles. The second-order valence-electron chi connectivity index (χ2n) is 6.83. The zero-order valence-electron chi connectivity index (χ0n) is 15.2. The Balaban J connectivity index is 1.38. The number of piperazine rings is 1. The van der Waals surface area contributed by atoms with Gasteiger partial charge in [-0.2, -0.15) is 0 Å². The van der Waals surface area contributed by atoms with E-state index in [1.165, 1.54) is 11.1 Å². The number of anilines is 1. The molecule has 0 atom stereocenters. The van der Waals surface area contributed by atoms with Crippen LogP contribution in [0.5, 0.6) is 0 Å². The molecule has 1 fully saturated rings. The number of imidazole rings is 1. The highest BCUT2D eigenvalue weighted by atomic mass is 79.9. The fourth-order valence-corrected chi connectivity index (χ4v) is 3.68. The number of pyridine rings is 1. The summed E-state index contributed by atoms with van der Waals surface area (Å²) in [6.45, 7) is 5.61. The highest BCUT2D eigenvalue weighted by molar-refractivity contribution is 9.10. The van der Waals surface area contributed by atoms with Crippen molar-refractivity contribution in [3.05, 3.63) is 64.0 Å². The first-order valence-corrected chi connectivity index (χ1v) is 9.83. The third-order valence-electron chi connectivity index (χ3n) is 4.82. The van der Waals surface area contributed by atoms with Gasteiger partial charge in [-0.1, -0.05) is 22.0 Å². The fourth-order valence-electron chi connectivity index (χ4n) is 3.35. The molecule has 27 heavy (non-hydrogen) atoms. The van der Waals surface area contributed by atoms with E-state index in [4.69, 9.17) is 0 Å². The third-order valence-corrected chi connectivity index (χ3v) is 5.32. The van der Waals surface area contributed by atoms with Crippen molar-refractivity contribution < 1.29 is 4.79 Å². The van der Waals surface area contributed by atoms with Crippen LogP contribution in [-0.4, -0.2) is 34.9 Å². The molecule has 6 nitrogen and oxygen atoms in total. The van der Waals surface area contributed by atoms with Crippen molar-refractivity contribution >= 4 is 33.2 Å². The first kappa shape index (κ1) is 18.0. The van der Waals surface area contributed by atoms with Crippen LogP contribution in [0, 0.1) is 6.92 Å². The standard InChI is InChI=1S/C20H22BrN5O/c1-14-8-18(25-7-5-23-20(27)13-25)3-2-15(14)10-22-11-17-12-26-6-4-16(21)9-19(26)24-17/h2-4,6,8-9,12,22H,5,7,10-11,13H2,1H3,(H,23,27). The summed E-state index contributed by atoms with van der Waals surface area (Å²) in [5, 5.41) is 6.34. The molecule has 7 heteroatoms. The van der Waals surface area contributed by atoms with Crippen molar-refractivity contribution in [2.24, 2.45) is 0 Å². The number of hydrogen-bond acceptors (Lipinski definition) is 4. The van der Waals surface area contributed by atoms with Gasteiger partial charge >= 0.3 is 0 Å². The summed E-state index contributed by atoms with van der Waals surface area (Å²) in [6, 6.07) is 10.4. The second-order valence-corrected chi connectivity index (χ2v) is 7.74. The number of fused-ring (bicyclic) bond motifs is 1. The maximum Gasteiger partial charge on any atom is 0.239 e. The molecule has 4 rings (SSSR count). The summed E-state index contributed by atoms with van der Waals surface area (Å²) in [5.74, 6) is 0.0872. The first-order valence-electron chi connectivity index (χ1n) is 9.03. The highest BCUT2D eigenvalue weighted by Gasteiger charge is 2.16. The predicted octanol–water partition coefficient (Wildman–Crippen LogP) is 2.63. The zero-order chi connectivity index (χ0) is 18.8. The first-order chi connectivity index (χ1) is 13.1. The van der Waals surface area contributed by atoms with E-state index in [1.54, 1.807) is 0 Å². The van der Waals surface area contributed by atoms with Crippen LogP contribution in [-0.2, 0) is 17.9 Å². The predicted molar refractivity (Wildman–Crippen MR) is 110 cm³/mol. The molecule has 1 aliphatic rings. The van der Waals surface area contributed by atoms with Crippen LogP contribution in [0.2, 0.25) is 0 Å². The van der Waals surface area contributed by atoms with Crippen LogP contribution in [0.1, 0.15) is 16.8 Å². The van der Waals surface area contributed by atoms with Gasteiger partial charge < -0.3 is 19.9 Å². The minimum absolute atomic E-state index is 0.0872. The van der Waals surface area contributed by atoms with E-state index in [0.717, 1.165) is 34.6 Å². The maximum atomic E-state index is 11.6. The van der Waals surface area contributed by atoms with Crippen molar-refractivity contribution in [2.45, 2.75) is 20.0 Å². The quantitative estimate of drug-likeness (QED) is 0.656. The Labute approximate surface area is 166 Å². The smallest absolute Gasteiger partial charge is 0.239 e. The number of benzene rings is 1. The number of nitrogens with one attached hydrogen (secondary N) is 2. The minimum atomic E-state index is 0.0872. The van der Waals surface area contributed by atoms with E-state index in [9.17, 15) is 4.79 Å². The Hall–Kier alpha value is -2.38. The lowest BCUT2D eigenvalue weighted by atomic mass is 10.1.